The zero-order chi connectivity index (χ0) is 15.1. The Kier molecular flexibility index (Phi) is 7.11. The average molecular weight is 385 g/mol. The maximum atomic E-state index is 6.12. The second kappa shape index (κ2) is 8.84. The molecule has 0 amide bonds. The second-order valence-electron chi connectivity index (χ2n) is 4.83. The lowest BCUT2D eigenvalue weighted by Gasteiger charge is -2.19. The van der Waals surface area contributed by atoms with E-state index in [1.807, 2.05) is 30.0 Å². The summed E-state index contributed by atoms with van der Waals surface area (Å²) in [5.41, 5.74) is 1.25. The number of benzene rings is 2. The molecule has 1 atom stereocenters. The maximum Gasteiger partial charge on any atom is 0.0415 e. The van der Waals surface area contributed by atoms with Crippen LogP contribution in [0.25, 0.3) is 0 Å². The molecule has 0 aliphatic carbocycles. The van der Waals surface area contributed by atoms with Crippen LogP contribution in [0.5, 0.6) is 0 Å². The van der Waals surface area contributed by atoms with E-state index in [2.05, 4.69) is 58.5 Å². The second-order valence-corrected chi connectivity index (χ2v) is 7.28. The molecular weight excluding hydrogens is 366 g/mol. The fourth-order valence-corrected chi connectivity index (χ4v) is 3.86. The molecule has 0 aliphatic heterocycles. The number of nitrogens with one attached hydrogen (secondary N) is 1. The third-order valence-electron chi connectivity index (χ3n) is 3.10. The minimum Gasteiger partial charge on any atom is -0.309 e. The van der Waals surface area contributed by atoms with Gasteiger partial charge in [-0.2, -0.15) is 0 Å². The van der Waals surface area contributed by atoms with Crippen molar-refractivity contribution in [1.29, 1.82) is 0 Å². The first-order valence-electron chi connectivity index (χ1n) is 7.06. The smallest absolute Gasteiger partial charge is 0.0415 e. The Balaban J connectivity index is 2.06. The summed E-state index contributed by atoms with van der Waals surface area (Å²) in [6.45, 7) is 3.19. The molecule has 0 saturated carbocycles. The monoisotopic (exact) mass is 383 g/mol. The molecular formula is C17H19BrClNS. The summed E-state index contributed by atoms with van der Waals surface area (Å²) in [5, 5.41) is 4.40. The highest BCUT2D eigenvalue weighted by Crippen LogP contribution is 2.27. The van der Waals surface area contributed by atoms with Crippen molar-refractivity contribution in [1.82, 2.24) is 5.32 Å². The van der Waals surface area contributed by atoms with Crippen LogP contribution in [0.2, 0.25) is 5.02 Å². The van der Waals surface area contributed by atoms with Crippen molar-refractivity contribution in [3.63, 3.8) is 0 Å². The van der Waals surface area contributed by atoms with Crippen molar-refractivity contribution < 1.29 is 0 Å². The zero-order valence-corrected chi connectivity index (χ0v) is 15.1. The molecule has 1 N–H and O–H groups in total. The summed E-state index contributed by atoms with van der Waals surface area (Å²) >= 11 is 11.5. The lowest BCUT2D eigenvalue weighted by Crippen LogP contribution is -2.24. The van der Waals surface area contributed by atoms with Crippen molar-refractivity contribution in [2.24, 2.45) is 0 Å². The number of hydrogen-bond donors (Lipinski definition) is 1. The van der Waals surface area contributed by atoms with Gasteiger partial charge in [0.2, 0.25) is 0 Å². The Labute approximate surface area is 144 Å². The van der Waals surface area contributed by atoms with E-state index in [9.17, 15) is 0 Å². The molecule has 2 aromatic rings. The first-order valence-corrected chi connectivity index (χ1v) is 9.22. The lowest BCUT2D eigenvalue weighted by molar-refractivity contribution is 0.577. The van der Waals surface area contributed by atoms with Gasteiger partial charge in [0.15, 0.2) is 0 Å². The Morgan fingerprint density at radius 3 is 2.71 bits per heavy atom. The van der Waals surface area contributed by atoms with Crippen molar-refractivity contribution in [2.45, 2.75) is 24.3 Å². The van der Waals surface area contributed by atoms with E-state index in [1.54, 1.807) is 0 Å². The first kappa shape index (κ1) is 16.9. The zero-order valence-electron chi connectivity index (χ0n) is 12.0. The van der Waals surface area contributed by atoms with Gasteiger partial charge >= 0.3 is 0 Å². The first-order chi connectivity index (χ1) is 10.2. The predicted molar refractivity (Wildman–Crippen MR) is 97.4 cm³/mol. The van der Waals surface area contributed by atoms with Gasteiger partial charge in [0, 0.05) is 26.2 Å². The van der Waals surface area contributed by atoms with Crippen molar-refractivity contribution in [3.8, 4) is 0 Å². The van der Waals surface area contributed by atoms with Gasteiger partial charge in [0.25, 0.3) is 0 Å². The van der Waals surface area contributed by atoms with E-state index in [0.717, 1.165) is 28.2 Å². The molecule has 0 saturated heterocycles. The van der Waals surface area contributed by atoms with Crippen LogP contribution in [0.15, 0.2) is 57.9 Å². The van der Waals surface area contributed by atoms with E-state index in [-0.39, 0.29) is 0 Å². The minimum absolute atomic E-state index is 0.313. The van der Waals surface area contributed by atoms with Crippen LogP contribution in [-0.4, -0.2) is 12.3 Å². The van der Waals surface area contributed by atoms with Crippen LogP contribution >= 0.6 is 39.3 Å². The van der Waals surface area contributed by atoms with E-state index < -0.39 is 0 Å². The van der Waals surface area contributed by atoms with Gasteiger partial charge in [0.05, 0.1) is 0 Å². The molecule has 2 aromatic carbocycles. The van der Waals surface area contributed by atoms with Crippen LogP contribution in [0.3, 0.4) is 0 Å². The highest BCUT2D eigenvalue weighted by molar-refractivity contribution is 9.10. The largest absolute Gasteiger partial charge is 0.309 e. The molecule has 112 valence electrons. The van der Waals surface area contributed by atoms with Crippen molar-refractivity contribution >= 4 is 39.3 Å². The average Bonchev–Trinajstić information content (AvgIpc) is 2.47. The van der Waals surface area contributed by atoms with E-state index in [0.29, 0.717) is 6.04 Å². The highest BCUT2D eigenvalue weighted by atomic mass is 79.9. The van der Waals surface area contributed by atoms with Gasteiger partial charge < -0.3 is 5.32 Å². The van der Waals surface area contributed by atoms with Crippen molar-refractivity contribution in [2.75, 3.05) is 12.3 Å². The Bertz CT molecular complexity index is 576. The van der Waals surface area contributed by atoms with Gasteiger partial charge in [-0.1, -0.05) is 52.7 Å². The summed E-state index contributed by atoms with van der Waals surface area (Å²) in [5.74, 6) is 0.983. The number of halogens is 2. The fraction of sp³-hybridized carbons (Fsp3) is 0.294. The van der Waals surface area contributed by atoms with E-state index in [4.69, 9.17) is 11.6 Å². The molecule has 2 rings (SSSR count). The lowest BCUT2D eigenvalue weighted by atomic mass is 10.1. The third kappa shape index (κ3) is 5.67. The molecule has 21 heavy (non-hydrogen) atoms. The molecule has 0 spiro atoms. The topological polar surface area (TPSA) is 12.0 Å². The molecule has 4 heteroatoms. The molecule has 0 bridgehead atoms. The quantitative estimate of drug-likeness (QED) is 0.593. The summed E-state index contributed by atoms with van der Waals surface area (Å²) in [6.07, 6.45) is 1.12. The molecule has 1 nitrogen and oxygen atoms in total. The summed E-state index contributed by atoms with van der Waals surface area (Å²) in [7, 11) is 0. The molecule has 0 aliphatic rings. The highest BCUT2D eigenvalue weighted by Gasteiger charge is 2.11. The van der Waals surface area contributed by atoms with E-state index >= 15 is 0 Å². The number of rotatable bonds is 7. The normalized spacial score (nSPS) is 12.3. The minimum atomic E-state index is 0.313. The van der Waals surface area contributed by atoms with Gasteiger partial charge in [0.1, 0.15) is 0 Å². The predicted octanol–water partition coefficient (Wildman–Crippen LogP) is 5.94. The van der Waals surface area contributed by atoms with Crippen LogP contribution in [0, 0.1) is 0 Å². The molecule has 1 unspecified atom stereocenters. The van der Waals surface area contributed by atoms with Crippen LogP contribution in [0.4, 0.5) is 0 Å². The molecule has 0 fully saturated rings. The van der Waals surface area contributed by atoms with Gasteiger partial charge in [-0.25, -0.2) is 0 Å². The van der Waals surface area contributed by atoms with Crippen molar-refractivity contribution in [3.05, 3.63) is 63.6 Å². The Hall–Kier alpha value is -0.480. The summed E-state index contributed by atoms with van der Waals surface area (Å²) in [6, 6.07) is 16.9. The summed E-state index contributed by atoms with van der Waals surface area (Å²) < 4.78 is 1.12. The molecule has 0 radical (unpaired) electrons. The Morgan fingerprint density at radius 2 is 2.00 bits per heavy atom. The van der Waals surface area contributed by atoms with Crippen LogP contribution in [-0.2, 0) is 0 Å². The number of hydrogen-bond acceptors (Lipinski definition) is 2. The maximum absolute atomic E-state index is 6.12. The fourth-order valence-electron chi connectivity index (χ4n) is 2.05. The number of thioether (sulfide) groups is 1. The molecule has 0 heterocycles. The van der Waals surface area contributed by atoms with Crippen LogP contribution < -0.4 is 5.32 Å². The third-order valence-corrected chi connectivity index (χ3v) is 4.92. The van der Waals surface area contributed by atoms with Crippen LogP contribution in [0.1, 0.15) is 24.9 Å². The van der Waals surface area contributed by atoms with E-state index in [1.165, 1.54) is 10.5 Å². The van der Waals surface area contributed by atoms with Gasteiger partial charge in [-0.15, -0.1) is 11.8 Å². The summed E-state index contributed by atoms with van der Waals surface area (Å²) in [4.78, 5) is 1.27. The van der Waals surface area contributed by atoms with Gasteiger partial charge in [-0.05, 0) is 48.9 Å². The molecule has 0 aromatic heterocycles. The van der Waals surface area contributed by atoms with Gasteiger partial charge in [-0.3, -0.25) is 0 Å². The standard InChI is InChI=1S/C17H19BrClNS/c1-2-9-20-17(13-5-3-7-15(19)10-13)12-21-16-8-4-6-14(18)11-16/h3-8,10-11,17,20H,2,9,12H2,1H3. The SMILES string of the molecule is CCCNC(CSc1cccc(Br)c1)c1cccc(Cl)c1. The Morgan fingerprint density at radius 1 is 1.19 bits per heavy atom.